The van der Waals surface area contributed by atoms with Crippen LogP contribution in [0.3, 0.4) is 0 Å². The van der Waals surface area contributed by atoms with E-state index in [2.05, 4.69) is 0 Å². The van der Waals surface area contributed by atoms with Crippen LogP contribution in [0.4, 0.5) is 0 Å². The molecule has 7 heteroatoms. The summed E-state index contributed by atoms with van der Waals surface area (Å²) in [7, 11) is -2.20. The molecule has 3 atom stereocenters. The van der Waals surface area contributed by atoms with Gasteiger partial charge in [-0.3, -0.25) is 0 Å². The lowest BCUT2D eigenvalue weighted by molar-refractivity contribution is 0.129. The molecule has 1 aromatic carbocycles. The number of aliphatic hydroxyl groups excluding tert-OH is 1. The largest absolute Gasteiger partial charge is 0.495 e. The maximum Gasteiger partial charge on any atom is 0.246 e. The van der Waals surface area contributed by atoms with Crippen molar-refractivity contribution < 1.29 is 18.3 Å². The molecule has 1 N–H and O–H groups in total. The number of benzene rings is 1. The lowest BCUT2D eigenvalue weighted by atomic mass is 10.00. The van der Waals surface area contributed by atoms with Crippen LogP contribution in [-0.2, 0) is 10.0 Å². The highest BCUT2D eigenvalue weighted by Gasteiger charge is 2.46. The van der Waals surface area contributed by atoms with Crippen LogP contribution in [0.15, 0.2) is 23.1 Å². The molecule has 116 valence electrons. The standard InChI is InChI=1S/C14H18ClNO4S/c1-20-13-6-10(15)3-5-14(13)21(18,19)16-7-9-2-4-12(17)11(9)8-16/h3,5-6,9,11-12,17H,2,4,7-8H2,1H3. The summed E-state index contributed by atoms with van der Waals surface area (Å²) in [6, 6.07) is 4.52. The number of nitrogens with zero attached hydrogens (tertiary/aromatic N) is 1. The number of hydrogen-bond donors (Lipinski definition) is 1. The Kier molecular flexibility index (Phi) is 3.90. The summed E-state index contributed by atoms with van der Waals surface area (Å²) in [5.41, 5.74) is 0. The Morgan fingerprint density at radius 3 is 2.76 bits per heavy atom. The van der Waals surface area contributed by atoms with Crippen molar-refractivity contribution in [1.29, 1.82) is 0 Å². The molecule has 0 radical (unpaired) electrons. The second-order valence-corrected chi connectivity index (χ2v) is 8.03. The van der Waals surface area contributed by atoms with E-state index in [1.807, 2.05) is 0 Å². The van der Waals surface area contributed by atoms with Gasteiger partial charge in [-0.25, -0.2) is 8.42 Å². The number of aliphatic hydroxyl groups is 1. The molecule has 2 aliphatic rings. The molecule has 1 aromatic rings. The molecule has 0 aromatic heterocycles. The molecule has 1 saturated heterocycles. The number of methoxy groups -OCH3 is 1. The third-order valence-electron chi connectivity index (χ3n) is 4.53. The Hall–Kier alpha value is -0.820. The van der Waals surface area contributed by atoms with Crippen LogP contribution in [-0.4, -0.2) is 44.1 Å². The zero-order valence-corrected chi connectivity index (χ0v) is 13.3. The van der Waals surface area contributed by atoms with Crippen molar-refractivity contribution in [3.05, 3.63) is 23.2 Å². The van der Waals surface area contributed by atoms with Crippen LogP contribution in [0.2, 0.25) is 5.02 Å². The van der Waals surface area contributed by atoms with Crippen molar-refractivity contribution in [3.63, 3.8) is 0 Å². The van der Waals surface area contributed by atoms with Crippen molar-refractivity contribution in [2.75, 3.05) is 20.2 Å². The summed E-state index contributed by atoms with van der Waals surface area (Å²) in [5, 5.41) is 10.4. The number of fused-ring (bicyclic) bond motifs is 1. The van der Waals surface area contributed by atoms with Gasteiger partial charge in [0.15, 0.2) is 0 Å². The number of halogens is 1. The Morgan fingerprint density at radius 1 is 1.33 bits per heavy atom. The predicted molar refractivity (Wildman–Crippen MR) is 79.0 cm³/mol. The summed E-state index contributed by atoms with van der Waals surface area (Å²) in [4.78, 5) is 0.129. The molecule has 1 saturated carbocycles. The van der Waals surface area contributed by atoms with Crippen molar-refractivity contribution >= 4 is 21.6 Å². The third kappa shape index (κ3) is 2.54. The van der Waals surface area contributed by atoms with Gasteiger partial charge >= 0.3 is 0 Å². The van der Waals surface area contributed by atoms with E-state index < -0.39 is 10.0 Å². The first-order valence-electron chi connectivity index (χ1n) is 6.95. The summed E-state index contributed by atoms with van der Waals surface area (Å²) < 4.78 is 32.2. The highest BCUT2D eigenvalue weighted by Crippen LogP contribution is 2.41. The second kappa shape index (κ2) is 5.43. The van der Waals surface area contributed by atoms with Crippen LogP contribution in [0.5, 0.6) is 5.75 Å². The fraction of sp³-hybridized carbons (Fsp3) is 0.571. The molecule has 0 amide bonds. The predicted octanol–water partition coefficient (Wildman–Crippen LogP) is 1.74. The van der Waals surface area contributed by atoms with E-state index in [9.17, 15) is 13.5 Å². The zero-order valence-electron chi connectivity index (χ0n) is 11.7. The highest BCUT2D eigenvalue weighted by molar-refractivity contribution is 7.89. The molecular formula is C14H18ClNO4S. The van der Waals surface area contributed by atoms with Gasteiger partial charge in [0, 0.05) is 30.1 Å². The molecule has 21 heavy (non-hydrogen) atoms. The fourth-order valence-corrected chi connectivity index (χ4v) is 5.22. The van der Waals surface area contributed by atoms with E-state index in [1.165, 1.54) is 23.5 Å². The maximum absolute atomic E-state index is 12.8. The molecule has 3 rings (SSSR count). The molecule has 0 bridgehead atoms. The highest BCUT2D eigenvalue weighted by atomic mass is 35.5. The van der Waals surface area contributed by atoms with Gasteiger partial charge in [-0.1, -0.05) is 11.6 Å². The van der Waals surface area contributed by atoms with E-state index in [0.29, 0.717) is 18.1 Å². The van der Waals surface area contributed by atoms with E-state index in [-0.39, 0.29) is 28.6 Å². The van der Waals surface area contributed by atoms with Gasteiger partial charge in [-0.05, 0) is 30.9 Å². The van der Waals surface area contributed by atoms with Crippen LogP contribution >= 0.6 is 11.6 Å². The molecular weight excluding hydrogens is 314 g/mol. The third-order valence-corrected chi connectivity index (χ3v) is 6.64. The van der Waals surface area contributed by atoms with Crippen molar-refractivity contribution in [3.8, 4) is 5.75 Å². The Morgan fingerprint density at radius 2 is 2.10 bits per heavy atom. The molecule has 1 heterocycles. The van der Waals surface area contributed by atoms with E-state index in [4.69, 9.17) is 16.3 Å². The Balaban J connectivity index is 1.92. The van der Waals surface area contributed by atoms with Crippen molar-refractivity contribution in [1.82, 2.24) is 4.31 Å². The molecule has 0 spiro atoms. The van der Waals surface area contributed by atoms with Crippen molar-refractivity contribution in [2.45, 2.75) is 23.8 Å². The number of ether oxygens (including phenoxy) is 1. The topological polar surface area (TPSA) is 66.8 Å². The first-order valence-corrected chi connectivity index (χ1v) is 8.77. The van der Waals surface area contributed by atoms with Crippen LogP contribution < -0.4 is 4.74 Å². The van der Waals surface area contributed by atoms with Gasteiger partial charge in [0.25, 0.3) is 0 Å². The van der Waals surface area contributed by atoms with Gasteiger partial charge < -0.3 is 9.84 Å². The van der Waals surface area contributed by atoms with Crippen LogP contribution in [0, 0.1) is 11.8 Å². The summed E-state index contributed by atoms with van der Waals surface area (Å²) in [6.45, 7) is 0.843. The van der Waals surface area contributed by atoms with Gasteiger partial charge in [0.1, 0.15) is 10.6 Å². The Labute approximate surface area is 129 Å². The Bertz CT molecular complexity index is 648. The summed E-state index contributed by atoms with van der Waals surface area (Å²) in [5.74, 6) is 0.561. The fourth-order valence-electron chi connectivity index (χ4n) is 3.39. The number of sulfonamides is 1. The minimum Gasteiger partial charge on any atom is -0.495 e. The van der Waals surface area contributed by atoms with Crippen molar-refractivity contribution in [2.24, 2.45) is 11.8 Å². The van der Waals surface area contributed by atoms with Gasteiger partial charge in [0.2, 0.25) is 10.0 Å². The monoisotopic (exact) mass is 331 g/mol. The lowest BCUT2D eigenvalue weighted by Gasteiger charge is -2.19. The first-order chi connectivity index (χ1) is 9.93. The zero-order chi connectivity index (χ0) is 15.2. The summed E-state index contributed by atoms with van der Waals surface area (Å²) in [6.07, 6.45) is 1.27. The number of rotatable bonds is 3. The molecule has 2 fully saturated rings. The molecule has 5 nitrogen and oxygen atoms in total. The normalized spacial score (nSPS) is 29.6. The average Bonchev–Trinajstić information content (AvgIpc) is 3.01. The molecule has 1 aliphatic carbocycles. The van der Waals surface area contributed by atoms with E-state index in [0.717, 1.165) is 12.8 Å². The quantitative estimate of drug-likeness (QED) is 0.916. The average molecular weight is 332 g/mol. The van der Waals surface area contributed by atoms with Gasteiger partial charge in [-0.15, -0.1) is 0 Å². The summed E-state index contributed by atoms with van der Waals surface area (Å²) >= 11 is 5.88. The van der Waals surface area contributed by atoms with E-state index >= 15 is 0 Å². The van der Waals surface area contributed by atoms with E-state index in [1.54, 1.807) is 6.07 Å². The van der Waals surface area contributed by atoms with Gasteiger partial charge in [-0.2, -0.15) is 4.31 Å². The lowest BCUT2D eigenvalue weighted by Crippen LogP contribution is -2.31. The first kappa shape index (κ1) is 15.1. The second-order valence-electron chi connectivity index (χ2n) is 5.69. The SMILES string of the molecule is COc1cc(Cl)ccc1S(=O)(=O)N1CC2CCC(O)C2C1. The van der Waals surface area contributed by atoms with Crippen LogP contribution in [0.1, 0.15) is 12.8 Å². The smallest absolute Gasteiger partial charge is 0.246 e. The van der Waals surface area contributed by atoms with Gasteiger partial charge in [0.05, 0.1) is 13.2 Å². The minimum atomic E-state index is -3.63. The maximum atomic E-state index is 12.8. The number of hydrogen-bond acceptors (Lipinski definition) is 4. The van der Waals surface area contributed by atoms with Crippen LogP contribution in [0.25, 0.3) is 0 Å². The minimum absolute atomic E-state index is 0.0538. The molecule has 1 aliphatic heterocycles. The molecule has 3 unspecified atom stereocenters.